The zero-order chi connectivity index (χ0) is 21.1. The molecule has 2 atom stereocenters. The van der Waals surface area contributed by atoms with Gasteiger partial charge in [-0.1, -0.05) is 0 Å². The Morgan fingerprint density at radius 2 is 1.87 bits per heavy atom. The number of nitrogens with zero attached hydrogens (tertiary/aromatic N) is 3. The van der Waals surface area contributed by atoms with E-state index < -0.39 is 25.9 Å². The first-order valence-corrected chi connectivity index (χ1v) is 14.1. The summed E-state index contributed by atoms with van der Waals surface area (Å²) < 4.78 is 51.8. The summed E-state index contributed by atoms with van der Waals surface area (Å²) in [7, 11) is -6.62. The van der Waals surface area contributed by atoms with Crippen LogP contribution in [-0.2, 0) is 19.9 Å². The summed E-state index contributed by atoms with van der Waals surface area (Å²) in [6.45, 7) is 2.07. The van der Waals surface area contributed by atoms with Crippen LogP contribution in [0.2, 0.25) is 0 Å². The average Bonchev–Trinajstić information content (AvgIpc) is 3.36. The maximum Gasteiger partial charge on any atom is 0.257 e. The quantitative estimate of drug-likeness (QED) is 0.670. The molecule has 30 heavy (non-hydrogen) atoms. The molecule has 0 aromatic heterocycles. The minimum absolute atomic E-state index is 0.0349. The van der Waals surface area contributed by atoms with E-state index in [4.69, 9.17) is 0 Å². The average molecular weight is 471 g/mol. The van der Waals surface area contributed by atoms with E-state index in [1.54, 1.807) is 18.2 Å². The predicted octanol–water partition coefficient (Wildman–Crippen LogP) is 0.289. The molecule has 0 bridgehead atoms. The van der Waals surface area contributed by atoms with E-state index in [1.165, 1.54) is 11.8 Å². The van der Waals surface area contributed by atoms with Gasteiger partial charge in [-0.2, -0.15) is 0 Å². The van der Waals surface area contributed by atoms with E-state index >= 15 is 0 Å². The van der Waals surface area contributed by atoms with Crippen LogP contribution in [0.3, 0.4) is 0 Å². The minimum Gasteiger partial charge on any atom is -0.347 e. The summed E-state index contributed by atoms with van der Waals surface area (Å²) in [5.41, 5.74) is 1.26. The monoisotopic (exact) mass is 470 g/mol. The lowest BCUT2D eigenvalue weighted by Crippen LogP contribution is -2.50. The highest BCUT2D eigenvalue weighted by atomic mass is 32.2. The Hall–Kier alpha value is -1.63. The lowest BCUT2D eigenvalue weighted by Gasteiger charge is -2.28. The predicted molar refractivity (Wildman–Crippen MR) is 115 cm³/mol. The number of nitrogens with one attached hydrogen (secondary N) is 1. The highest BCUT2D eigenvalue weighted by Crippen LogP contribution is 2.42. The van der Waals surface area contributed by atoms with E-state index in [0.717, 1.165) is 36.5 Å². The number of sulfone groups is 1. The van der Waals surface area contributed by atoms with Crippen LogP contribution in [0.1, 0.15) is 23.2 Å². The molecule has 4 aliphatic heterocycles. The number of carbonyl (C=O) groups excluding carboxylic acids is 1. The van der Waals surface area contributed by atoms with Gasteiger partial charge in [0.2, 0.25) is 0 Å². The standard InChI is InChI=1S/C18H22N4O5S3/c23-17(19-13-10-29(24,25)11-15(13)21-5-1-2-6-21)12-3-4-14-16(9-12)28-18-20-30(26,27)8-7-22(14)18/h3-4,9,13,15H,1-2,5-8,10-11H2,(H,19,23). The van der Waals surface area contributed by atoms with Gasteiger partial charge in [-0.05, 0) is 55.9 Å². The van der Waals surface area contributed by atoms with E-state index in [2.05, 4.69) is 14.6 Å². The first-order chi connectivity index (χ1) is 14.2. The Labute approximate surface area is 179 Å². The van der Waals surface area contributed by atoms with Crippen molar-refractivity contribution in [2.75, 3.05) is 41.8 Å². The van der Waals surface area contributed by atoms with Crippen molar-refractivity contribution in [3.63, 3.8) is 0 Å². The number of hydrogen-bond acceptors (Lipinski definition) is 8. The van der Waals surface area contributed by atoms with Gasteiger partial charge >= 0.3 is 0 Å². The second kappa shape index (κ2) is 7.21. The van der Waals surface area contributed by atoms with Crippen LogP contribution in [0.5, 0.6) is 0 Å². The molecule has 4 aliphatic rings. The summed E-state index contributed by atoms with van der Waals surface area (Å²) in [4.78, 5) is 17.7. The van der Waals surface area contributed by atoms with Gasteiger partial charge in [0, 0.05) is 23.0 Å². The third kappa shape index (κ3) is 3.74. The molecular formula is C18H22N4O5S3. The number of rotatable bonds is 3. The van der Waals surface area contributed by atoms with Crippen LogP contribution in [0.25, 0.3) is 0 Å². The first kappa shape index (κ1) is 20.3. The van der Waals surface area contributed by atoms with Crippen LogP contribution >= 0.6 is 11.8 Å². The molecule has 0 saturated carbocycles. The second-order valence-electron chi connectivity index (χ2n) is 8.06. The summed E-state index contributed by atoms with van der Waals surface area (Å²) in [5.74, 6) is -0.306. The van der Waals surface area contributed by atoms with Gasteiger partial charge in [0.15, 0.2) is 15.0 Å². The lowest BCUT2D eigenvalue weighted by atomic mass is 10.1. The van der Waals surface area contributed by atoms with Crippen molar-refractivity contribution >= 4 is 48.4 Å². The second-order valence-corrected chi connectivity index (χ2v) is 13.0. The number of carbonyl (C=O) groups is 1. The molecule has 0 radical (unpaired) electrons. The molecule has 162 valence electrons. The fourth-order valence-corrected chi connectivity index (χ4v) is 8.77. The maximum atomic E-state index is 12.9. The molecule has 2 unspecified atom stereocenters. The third-order valence-corrected chi connectivity index (χ3v) is 10.0. The number of thioether (sulfide) groups is 1. The number of sulfonamides is 1. The highest BCUT2D eigenvalue weighted by Gasteiger charge is 2.42. The summed E-state index contributed by atoms with van der Waals surface area (Å²) in [6, 6.07) is 4.59. The van der Waals surface area contributed by atoms with Crippen LogP contribution in [-0.4, -0.2) is 81.8 Å². The van der Waals surface area contributed by atoms with Gasteiger partial charge in [-0.25, -0.2) is 16.8 Å². The van der Waals surface area contributed by atoms with Gasteiger partial charge in [0.25, 0.3) is 15.9 Å². The Bertz CT molecular complexity index is 1140. The van der Waals surface area contributed by atoms with Gasteiger partial charge in [-0.15, -0.1) is 4.40 Å². The number of amidine groups is 1. The SMILES string of the molecule is O=C(NC1CS(=O)(=O)CC1N1CCCC1)c1ccc2c(c1)SC1=NS(=O)(=O)CCN12. The number of fused-ring (bicyclic) bond motifs is 3. The van der Waals surface area contributed by atoms with Gasteiger partial charge < -0.3 is 10.2 Å². The van der Waals surface area contributed by atoms with Crippen molar-refractivity contribution in [3.05, 3.63) is 23.8 Å². The molecule has 1 aromatic rings. The Balaban J connectivity index is 1.35. The van der Waals surface area contributed by atoms with Crippen molar-refractivity contribution in [2.45, 2.75) is 29.8 Å². The molecule has 1 amide bonds. The zero-order valence-corrected chi connectivity index (χ0v) is 18.6. The van der Waals surface area contributed by atoms with Crippen molar-refractivity contribution in [3.8, 4) is 0 Å². The van der Waals surface area contributed by atoms with Crippen LogP contribution < -0.4 is 10.2 Å². The third-order valence-electron chi connectivity index (χ3n) is 5.98. The maximum absolute atomic E-state index is 12.9. The fourth-order valence-electron chi connectivity index (χ4n) is 4.52. The Morgan fingerprint density at radius 3 is 2.63 bits per heavy atom. The Morgan fingerprint density at radius 1 is 1.10 bits per heavy atom. The van der Waals surface area contributed by atoms with Crippen molar-refractivity contribution < 1.29 is 21.6 Å². The van der Waals surface area contributed by atoms with Gasteiger partial charge in [0.05, 0.1) is 29.0 Å². The Kier molecular flexibility index (Phi) is 4.88. The summed E-state index contributed by atoms with van der Waals surface area (Å²) in [5, 5.41) is 3.34. The largest absolute Gasteiger partial charge is 0.347 e. The van der Waals surface area contributed by atoms with Crippen LogP contribution in [0.15, 0.2) is 27.5 Å². The van der Waals surface area contributed by atoms with E-state index in [1.807, 2.05) is 4.90 Å². The molecular weight excluding hydrogens is 448 g/mol. The number of anilines is 1. The molecule has 0 aliphatic carbocycles. The molecule has 0 spiro atoms. The minimum atomic E-state index is -3.44. The van der Waals surface area contributed by atoms with E-state index in [-0.39, 0.29) is 29.2 Å². The van der Waals surface area contributed by atoms with Crippen LogP contribution in [0.4, 0.5) is 5.69 Å². The van der Waals surface area contributed by atoms with Crippen LogP contribution in [0, 0.1) is 0 Å². The number of benzene rings is 1. The molecule has 4 heterocycles. The lowest BCUT2D eigenvalue weighted by molar-refractivity contribution is 0.0918. The number of amides is 1. The van der Waals surface area contributed by atoms with Crippen molar-refractivity contribution in [2.24, 2.45) is 4.40 Å². The molecule has 1 aromatic carbocycles. The molecule has 5 rings (SSSR count). The number of likely N-dealkylation sites (tertiary alicyclic amines) is 1. The molecule has 12 heteroatoms. The normalized spacial score (nSPS) is 29.3. The highest BCUT2D eigenvalue weighted by molar-refractivity contribution is 8.15. The van der Waals surface area contributed by atoms with E-state index in [9.17, 15) is 21.6 Å². The van der Waals surface area contributed by atoms with E-state index in [0.29, 0.717) is 17.3 Å². The first-order valence-electron chi connectivity index (χ1n) is 9.88. The zero-order valence-electron chi connectivity index (χ0n) is 16.2. The smallest absolute Gasteiger partial charge is 0.257 e. The van der Waals surface area contributed by atoms with Crippen molar-refractivity contribution in [1.29, 1.82) is 0 Å². The van der Waals surface area contributed by atoms with Gasteiger partial charge in [0.1, 0.15) is 0 Å². The molecule has 9 nitrogen and oxygen atoms in total. The summed E-state index contributed by atoms with van der Waals surface area (Å²) >= 11 is 1.23. The molecule has 2 fully saturated rings. The van der Waals surface area contributed by atoms with Gasteiger partial charge in [-0.3, -0.25) is 9.69 Å². The topological polar surface area (TPSA) is 116 Å². The fraction of sp³-hybridized carbons (Fsp3) is 0.556. The molecule has 1 N–H and O–H groups in total. The van der Waals surface area contributed by atoms with Crippen molar-refractivity contribution in [1.82, 2.24) is 10.2 Å². The number of hydrogen-bond donors (Lipinski definition) is 1. The summed E-state index contributed by atoms with van der Waals surface area (Å²) in [6.07, 6.45) is 2.10. The molecule has 2 saturated heterocycles.